The summed E-state index contributed by atoms with van der Waals surface area (Å²) in [5.74, 6) is 1.04. The molecular weight excluding hydrogens is 190 g/mol. The zero-order valence-corrected chi connectivity index (χ0v) is 9.20. The number of hydrogen-bond donors (Lipinski definition) is 2. The zero-order chi connectivity index (χ0) is 10.8. The largest absolute Gasteiger partial charge is 0.493 e. The van der Waals surface area contributed by atoms with Crippen LogP contribution in [-0.4, -0.2) is 21.9 Å². The van der Waals surface area contributed by atoms with Crippen molar-refractivity contribution in [1.82, 2.24) is 10.4 Å². The van der Waals surface area contributed by atoms with Crippen LogP contribution in [0.3, 0.4) is 0 Å². The summed E-state index contributed by atoms with van der Waals surface area (Å²) in [5, 5.41) is 11.3. The van der Waals surface area contributed by atoms with Crippen molar-refractivity contribution in [2.75, 3.05) is 0 Å². The number of allylic oxidation sites excluding steroid dienone is 1. The fraction of sp³-hybridized carbons (Fsp3) is 0.545. The number of aliphatic imine (C=N–C) groups is 1. The minimum Gasteiger partial charge on any atom is -0.493 e. The van der Waals surface area contributed by atoms with Gasteiger partial charge in [0.1, 0.15) is 5.82 Å². The van der Waals surface area contributed by atoms with Crippen molar-refractivity contribution < 1.29 is 5.11 Å². The molecule has 15 heavy (non-hydrogen) atoms. The third kappa shape index (κ3) is 2.04. The van der Waals surface area contributed by atoms with Crippen LogP contribution in [0.25, 0.3) is 0 Å². The minimum absolute atomic E-state index is 0.229. The monoisotopic (exact) mass is 207 g/mol. The van der Waals surface area contributed by atoms with Crippen molar-refractivity contribution in [2.45, 2.75) is 39.2 Å². The van der Waals surface area contributed by atoms with Crippen molar-refractivity contribution in [3.8, 4) is 0 Å². The summed E-state index contributed by atoms with van der Waals surface area (Å²) < 4.78 is 0. The van der Waals surface area contributed by atoms with Crippen LogP contribution in [-0.2, 0) is 0 Å². The predicted molar refractivity (Wildman–Crippen MR) is 60.2 cm³/mol. The lowest BCUT2D eigenvalue weighted by molar-refractivity contribution is 0.184. The standard InChI is InChI=1S/C11H17N3O/c1-3-4-5-9-7-10-12-8(2)6-11(15)14(10)13-9/h6-7,9,13,15H,3-5H2,1-2H3. The Morgan fingerprint density at radius 3 is 3.13 bits per heavy atom. The summed E-state index contributed by atoms with van der Waals surface area (Å²) >= 11 is 0. The maximum Gasteiger partial charge on any atom is 0.209 e. The lowest BCUT2D eigenvalue weighted by atomic mass is 10.1. The van der Waals surface area contributed by atoms with Crippen molar-refractivity contribution in [1.29, 1.82) is 0 Å². The number of unbranched alkanes of at least 4 members (excludes halogenated alkanes) is 1. The number of nitrogens with zero attached hydrogens (tertiary/aromatic N) is 2. The van der Waals surface area contributed by atoms with E-state index < -0.39 is 0 Å². The summed E-state index contributed by atoms with van der Waals surface area (Å²) in [7, 11) is 0. The molecular formula is C11H17N3O. The molecule has 0 aliphatic carbocycles. The second-order valence-electron chi connectivity index (χ2n) is 3.99. The Labute approximate surface area is 90.0 Å². The number of rotatable bonds is 3. The first kappa shape index (κ1) is 10.2. The Morgan fingerprint density at radius 1 is 1.60 bits per heavy atom. The average Bonchev–Trinajstić information content (AvgIpc) is 2.57. The van der Waals surface area contributed by atoms with Crippen LogP contribution in [0.2, 0.25) is 0 Å². The SMILES string of the molecule is CCCCC1C=C2N=C(C)C=C(O)N2N1. The van der Waals surface area contributed by atoms with Gasteiger partial charge in [0.15, 0.2) is 0 Å². The van der Waals surface area contributed by atoms with E-state index in [9.17, 15) is 5.11 Å². The van der Waals surface area contributed by atoms with E-state index in [1.54, 1.807) is 11.1 Å². The van der Waals surface area contributed by atoms with Crippen LogP contribution in [0, 0.1) is 0 Å². The predicted octanol–water partition coefficient (Wildman–Crippen LogP) is 2.08. The maximum absolute atomic E-state index is 9.70. The van der Waals surface area contributed by atoms with Gasteiger partial charge in [-0.1, -0.05) is 19.8 Å². The molecule has 0 amide bonds. The molecule has 0 radical (unpaired) electrons. The summed E-state index contributed by atoms with van der Waals surface area (Å²) in [5.41, 5.74) is 4.05. The molecule has 0 fully saturated rings. The van der Waals surface area contributed by atoms with Gasteiger partial charge in [0.05, 0.1) is 0 Å². The molecule has 2 N–H and O–H groups in total. The highest BCUT2D eigenvalue weighted by Gasteiger charge is 2.27. The zero-order valence-electron chi connectivity index (χ0n) is 9.20. The number of aliphatic hydroxyl groups excluding tert-OH is 1. The molecule has 4 nitrogen and oxygen atoms in total. The molecule has 2 aliphatic heterocycles. The lowest BCUT2D eigenvalue weighted by Crippen LogP contribution is -2.37. The van der Waals surface area contributed by atoms with E-state index in [1.807, 2.05) is 6.92 Å². The maximum atomic E-state index is 9.70. The van der Waals surface area contributed by atoms with Gasteiger partial charge < -0.3 is 5.11 Å². The van der Waals surface area contributed by atoms with Crippen molar-refractivity contribution >= 4 is 5.71 Å². The van der Waals surface area contributed by atoms with Gasteiger partial charge in [-0.3, -0.25) is 0 Å². The highest BCUT2D eigenvalue weighted by atomic mass is 16.3. The van der Waals surface area contributed by atoms with E-state index in [2.05, 4.69) is 23.4 Å². The molecule has 1 unspecified atom stereocenters. The number of nitrogens with one attached hydrogen (secondary N) is 1. The number of fused-ring (bicyclic) bond motifs is 1. The molecule has 0 bridgehead atoms. The third-order valence-corrected chi connectivity index (χ3v) is 2.60. The van der Waals surface area contributed by atoms with Gasteiger partial charge in [0, 0.05) is 17.8 Å². The normalized spacial score (nSPS) is 24.5. The quantitative estimate of drug-likeness (QED) is 0.745. The fourth-order valence-corrected chi connectivity index (χ4v) is 1.83. The van der Waals surface area contributed by atoms with Crippen LogP contribution < -0.4 is 5.43 Å². The van der Waals surface area contributed by atoms with Gasteiger partial charge >= 0.3 is 0 Å². The first-order chi connectivity index (χ1) is 7.20. The molecule has 0 aromatic carbocycles. The molecule has 1 atom stereocenters. The summed E-state index contributed by atoms with van der Waals surface area (Å²) in [4.78, 5) is 4.36. The van der Waals surface area contributed by atoms with E-state index >= 15 is 0 Å². The highest BCUT2D eigenvalue weighted by Crippen LogP contribution is 2.23. The van der Waals surface area contributed by atoms with Gasteiger partial charge in [-0.25, -0.2) is 15.4 Å². The van der Waals surface area contributed by atoms with Gasteiger partial charge in [-0.15, -0.1) is 0 Å². The molecule has 2 aliphatic rings. The summed E-state index contributed by atoms with van der Waals surface area (Å²) in [6, 6.07) is 0.296. The highest BCUT2D eigenvalue weighted by molar-refractivity contribution is 5.94. The average molecular weight is 207 g/mol. The Bertz CT molecular complexity index is 344. The van der Waals surface area contributed by atoms with Crippen LogP contribution in [0.15, 0.2) is 28.8 Å². The van der Waals surface area contributed by atoms with Crippen molar-refractivity contribution in [2.24, 2.45) is 4.99 Å². The van der Waals surface area contributed by atoms with E-state index in [-0.39, 0.29) is 5.88 Å². The summed E-state index contributed by atoms with van der Waals surface area (Å²) in [6.07, 6.45) is 7.18. The Hall–Kier alpha value is -1.29. The first-order valence-corrected chi connectivity index (χ1v) is 5.45. The van der Waals surface area contributed by atoms with Gasteiger partial charge in [0.25, 0.3) is 0 Å². The molecule has 0 aromatic heterocycles. The number of hydrazine groups is 1. The molecule has 0 aromatic rings. The summed E-state index contributed by atoms with van der Waals surface area (Å²) in [6.45, 7) is 4.06. The second kappa shape index (κ2) is 4.06. The molecule has 0 saturated carbocycles. The molecule has 4 heteroatoms. The Balaban J connectivity index is 2.08. The molecule has 82 valence electrons. The molecule has 0 spiro atoms. The second-order valence-corrected chi connectivity index (χ2v) is 3.99. The molecule has 2 heterocycles. The van der Waals surface area contributed by atoms with Crippen LogP contribution in [0.5, 0.6) is 0 Å². The third-order valence-electron chi connectivity index (χ3n) is 2.60. The topological polar surface area (TPSA) is 47.9 Å². The Morgan fingerprint density at radius 2 is 2.40 bits per heavy atom. The van der Waals surface area contributed by atoms with E-state index in [0.29, 0.717) is 6.04 Å². The molecule has 2 rings (SSSR count). The van der Waals surface area contributed by atoms with E-state index in [1.165, 1.54) is 12.8 Å². The van der Waals surface area contributed by atoms with Gasteiger partial charge in [-0.2, -0.15) is 0 Å². The fourth-order valence-electron chi connectivity index (χ4n) is 1.83. The van der Waals surface area contributed by atoms with Gasteiger partial charge in [-0.05, 0) is 19.4 Å². The minimum atomic E-state index is 0.229. The first-order valence-electron chi connectivity index (χ1n) is 5.45. The Kier molecular flexibility index (Phi) is 2.77. The van der Waals surface area contributed by atoms with Crippen LogP contribution >= 0.6 is 0 Å². The van der Waals surface area contributed by atoms with Gasteiger partial charge in [0.2, 0.25) is 5.88 Å². The molecule has 0 saturated heterocycles. The van der Waals surface area contributed by atoms with Crippen LogP contribution in [0.1, 0.15) is 33.1 Å². The van der Waals surface area contributed by atoms with E-state index in [0.717, 1.165) is 18.0 Å². The number of aliphatic hydroxyl groups is 1. The smallest absolute Gasteiger partial charge is 0.209 e. The lowest BCUT2D eigenvalue weighted by Gasteiger charge is -2.23. The van der Waals surface area contributed by atoms with Crippen molar-refractivity contribution in [3.63, 3.8) is 0 Å². The van der Waals surface area contributed by atoms with Crippen LogP contribution in [0.4, 0.5) is 0 Å². The number of hydrogen-bond acceptors (Lipinski definition) is 4. The van der Waals surface area contributed by atoms with Crippen molar-refractivity contribution in [3.05, 3.63) is 23.9 Å². The van der Waals surface area contributed by atoms with E-state index in [4.69, 9.17) is 0 Å².